The number of hydrogen-bond acceptors (Lipinski definition) is 7. The number of sulfone groups is 1. The van der Waals surface area contributed by atoms with Gasteiger partial charge < -0.3 is 10.1 Å². The first kappa shape index (κ1) is 25.6. The lowest BCUT2D eigenvalue weighted by atomic mass is 9.98. The van der Waals surface area contributed by atoms with Gasteiger partial charge in [-0.1, -0.05) is 18.2 Å². The molecule has 2 aliphatic rings. The molecule has 2 aliphatic carbocycles. The molecule has 1 aromatic heterocycles. The normalized spacial score (nSPS) is 22.7. The number of ether oxygens (including phenoxy) is 1. The molecule has 1 amide bonds. The quantitative estimate of drug-likeness (QED) is 0.367. The van der Waals surface area contributed by atoms with Crippen molar-refractivity contribution in [3.63, 3.8) is 0 Å². The maximum atomic E-state index is 13.8. The summed E-state index contributed by atoms with van der Waals surface area (Å²) in [6.45, 7) is 0.480. The van der Waals surface area contributed by atoms with Crippen LogP contribution >= 0.6 is 11.8 Å². The molecule has 2 unspecified atom stereocenters. The first-order valence-corrected chi connectivity index (χ1v) is 14.3. The predicted octanol–water partition coefficient (Wildman–Crippen LogP) is 4.26. The summed E-state index contributed by atoms with van der Waals surface area (Å²) in [6.07, 6.45) is 4.39. The number of allylic oxidation sites excluding steroid dienone is 1. The molecular formula is C24H27F2N3O4S2. The van der Waals surface area contributed by atoms with E-state index in [-0.39, 0.29) is 34.4 Å². The molecule has 0 aliphatic heterocycles. The average molecular weight is 524 g/mol. The Morgan fingerprint density at radius 2 is 1.83 bits per heavy atom. The zero-order valence-electron chi connectivity index (χ0n) is 19.2. The van der Waals surface area contributed by atoms with Gasteiger partial charge in [-0.25, -0.2) is 27.2 Å². The highest BCUT2D eigenvalue weighted by atomic mass is 32.2. The van der Waals surface area contributed by atoms with E-state index in [0.29, 0.717) is 30.9 Å². The van der Waals surface area contributed by atoms with E-state index in [4.69, 9.17) is 4.74 Å². The lowest BCUT2D eigenvalue weighted by Gasteiger charge is -2.13. The van der Waals surface area contributed by atoms with Crippen molar-refractivity contribution in [2.45, 2.75) is 48.2 Å². The number of amides is 1. The van der Waals surface area contributed by atoms with Crippen molar-refractivity contribution >= 4 is 38.9 Å². The lowest BCUT2D eigenvalue weighted by molar-refractivity contribution is -0.111. The Balaban J connectivity index is 1.54. The number of anilines is 1. The van der Waals surface area contributed by atoms with Crippen LogP contribution in [0.25, 0.3) is 5.57 Å². The minimum Gasteiger partial charge on any atom is -0.476 e. The van der Waals surface area contributed by atoms with E-state index < -0.39 is 34.0 Å². The summed E-state index contributed by atoms with van der Waals surface area (Å²) in [5, 5.41) is 2.31. The van der Waals surface area contributed by atoms with E-state index in [0.717, 1.165) is 5.75 Å². The number of nitrogens with zero attached hydrogens (tertiary/aromatic N) is 2. The van der Waals surface area contributed by atoms with Crippen LogP contribution in [0.3, 0.4) is 0 Å². The van der Waals surface area contributed by atoms with Crippen LogP contribution < -0.4 is 10.1 Å². The Bertz CT molecular complexity index is 1160. The van der Waals surface area contributed by atoms with E-state index in [1.54, 1.807) is 30.0 Å². The van der Waals surface area contributed by atoms with Crippen LogP contribution in [-0.4, -0.2) is 60.5 Å². The molecule has 2 saturated carbocycles. The maximum absolute atomic E-state index is 13.8. The summed E-state index contributed by atoms with van der Waals surface area (Å²) >= 11 is 1.64. The largest absolute Gasteiger partial charge is 0.476 e. The van der Waals surface area contributed by atoms with Gasteiger partial charge in [-0.2, -0.15) is 11.8 Å². The van der Waals surface area contributed by atoms with Crippen LogP contribution in [0.15, 0.2) is 47.6 Å². The standard InChI is InChI=1S/C24H27F2N3O4S2/c1-34-9-8-33-23-14-27-22(13-28-23)29-24(30)19(10-15-11-20(25)21(26)12-15)16-2-4-17(5-3-16)35(31,32)18-6-7-18/h2-5,10,13-15,18,20-21H,6-9,11-12H2,1H3,(H,27,29,30)/b19-10+. The number of halogens is 2. The molecule has 0 spiro atoms. The van der Waals surface area contributed by atoms with Crippen molar-refractivity contribution in [3.8, 4) is 5.88 Å². The van der Waals surface area contributed by atoms with Gasteiger partial charge in [-0.3, -0.25) is 4.79 Å². The molecule has 4 rings (SSSR count). The Labute approximate surface area is 207 Å². The van der Waals surface area contributed by atoms with E-state index >= 15 is 0 Å². The third kappa shape index (κ3) is 6.38. The Kier molecular flexibility index (Phi) is 8.05. The SMILES string of the molecule is CSCCOc1cnc(NC(=O)/C(=C/C2CC(F)C(F)C2)c2ccc(S(=O)(=O)C3CC3)cc2)cn1. The van der Waals surface area contributed by atoms with Gasteiger partial charge in [-0.05, 0) is 55.6 Å². The van der Waals surface area contributed by atoms with Crippen molar-refractivity contribution in [2.75, 3.05) is 23.9 Å². The molecule has 0 radical (unpaired) electrons. The minimum absolute atomic E-state index is 0.0199. The smallest absolute Gasteiger partial charge is 0.257 e. The molecule has 2 aromatic rings. The van der Waals surface area contributed by atoms with Crippen LogP contribution in [0.2, 0.25) is 0 Å². The first-order chi connectivity index (χ1) is 16.8. The molecule has 0 bridgehead atoms. The summed E-state index contributed by atoms with van der Waals surface area (Å²) in [4.78, 5) is 21.6. The summed E-state index contributed by atoms with van der Waals surface area (Å²) < 4.78 is 58.0. The number of thioether (sulfide) groups is 1. The molecule has 7 nitrogen and oxygen atoms in total. The third-order valence-corrected chi connectivity index (χ3v) is 8.81. The summed E-state index contributed by atoms with van der Waals surface area (Å²) in [5.74, 6) is 0.314. The van der Waals surface area contributed by atoms with E-state index in [1.165, 1.54) is 24.5 Å². The van der Waals surface area contributed by atoms with Gasteiger partial charge in [0.05, 0.1) is 29.1 Å². The molecule has 1 N–H and O–H groups in total. The molecule has 1 aromatic carbocycles. The topological polar surface area (TPSA) is 98.2 Å². The van der Waals surface area contributed by atoms with Crippen molar-refractivity contribution < 1.29 is 26.7 Å². The van der Waals surface area contributed by atoms with Gasteiger partial charge in [0.15, 0.2) is 15.7 Å². The second-order valence-electron chi connectivity index (χ2n) is 8.65. The summed E-state index contributed by atoms with van der Waals surface area (Å²) in [5.41, 5.74) is 0.633. The van der Waals surface area contributed by atoms with Crippen molar-refractivity contribution in [1.82, 2.24) is 9.97 Å². The van der Waals surface area contributed by atoms with E-state index in [1.807, 2.05) is 6.26 Å². The van der Waals surface area contributed by atoms with Crippen LogP contribution in [0, 0.1) is 5.92 Å². The molecule has 2 fully saturated rings. The van der Waals surface area contributed by atoms with Crippen LogP contribution in [-0.2, 0) is 14.6 Å². The molecule has 188 valence electrons. The second-order valence-corrected chi connectivity index (χ2v) is 11.9. The Morgan fingerprint density at radius 1 is 1.14 bits per heavy atom. The number of carbonyl (C=O) groups is 1. The van der Waals surface area contributed by atoms with Crippen LogP contribution in [0.5, 0.6) is 5.88 Å². The summed E-state index contributed by atoms with van der Waals surface area (Å²) in [6, 6.07) is 6.03. The average Bonchev–Trinajstić information content (AvgIpc) is 3.65. The number of carbonyl (C=O) groups excluding carboxylic acids is 1. The fourth-order valence-corrected chi connectivity index (χ4v) is 5.82. The van der Waals surface area contributed by atoms with Crippen molar-refractivity contribution in [2.24, 2.45) is 5.92 Å². The van der Waals surface area contributed by atoms with Gasteiger partial charge >= 0.3 is 0 Å². The van der Waals surface area contributed by atoms with Crippen molar-refractivity contribution in [1.29, 1.82) is 0 Å². The number of benzene rings is 1. The van der Waals surface area contributed by atoms with Gasteiger partial charge in [0.25, 0.3) is 5.91 Å². The number of aromatic nitrogens is 2. The van der Waals surface area contributed by atoms with E-state index in [2.05, 4.69) is 15.3 Å². The molecule has 1 heterocycles. The highest BCUT2D eigenvalue weighted by Gasteiger charge is 2.37. The zero-order chi connectivity index (χ0) is 25.0. The lowest BCUT2D eigenvalue weighted by Crippen LogP contribution is -2.16. The monoisotopic (exact) mass is 523 g/mol. The fourth-order valence-electron chi connectivity index (χ4n) is 3.91. The minimum atomic E-state index is -3.38. The Morgan fingerprint density at radius 3 is 2.40 bits per heavy atom. The van der Waals surface area contributed by atoms with Gasteiger partial charge in [-0.15, -0.1) is 0 Å². The van der Waals surface area contributed by atoms with Crippen LogP contribution in [0.1, 0.15) is 31.2 Å². The number of alkyl halides is 2. The molecule has 11 heteroatoms. The Hall–Kier alpha value is -2.53. The molecule has 2 atom stereocenters. The molecular weight excluding hydrogens is 496 g/mol. The maximum Gasteiger partial charge on any atom is 0.257 e. The highest BCUT2D eigenvalue weighted by molar-refractivity contribution is 7.98. The van der Waals surface area contributed by atoms with Gasteiger partial charge in [0.1, 0.15) is 12.3 Å². The fraction of sp³-hybridized carbons (Fsp3) is 0.458. The third-order valence-electron chi connectivity index (χ3n) is 5.96. The number of rotatable bonds is 10. The van der Waals surface area contributed by atoms with Gasteiger partial charge in [0, 0.05) is 11.3 Å². The molecule has 0 saturated heterocycles. The predicted molar refractivity (Wildman–Crippen MR) is 132 cm³/mol. The van der Waals surface area contributed by atoms with Gasteiger partial charge in [0.2, 0.25) is 5.88 Å². The highest BCUT2D eigenvalue weighted by Crippen LogP contribution is 2.36. The second kappa shape index (κ2) is 11.0. The van der Waals surface area contributed by atoms with E-state index in [9.17, 15) is 22.0 Å². The van der Waals surface area contributed by atoms with Crippen molar-refractivity contribution in [3.05, 3.63) is 48.3 Å². The zero-order valence-corrected chi connectivity index (χ0v) is 20.8. The molecule has 35 heavy (non-hydrogen) atoms. The number of nitrogens with one attached hydrogen (secondary N) is 1. The van der Waals surface area contributed by atoms with Crippen LogP contribution in [0.4, 0.5) is 14.6 Å². The summed E-state index contributed by atoms with van der Waals surface area (Å²) in [7, 11) is -3.38. The number of hydrogen-bond donors (Lipinski definition) is 1. The first-order valence-electron chi connectivity index (χ1n) is 11.4.